The van der Waals surface area contributed by atoms with Gasteiger partial charge in [-0.3, -0.25) is 4.79 Å². The molecule has 0 bridgehead atoms. The molecule has 1 aromatic rings. The Bertz CT molecular complexity index is 657. The minimum Gasteiger partial charge on any atom is -0.497 e. The van der Waals surface area contributed by atoms with Gasteiger partial charge in [0.05, 0.1) is 18.7 Å². The number of ether oxygens (including phenoxy) is 2. The average Bonchev–Trinajstić information content (AvgIpc) is 3.02. The van der Waals surface area contributed by atoms with E-state index in [0.29, 0.717) is 28.9 Å². The van der Waals surface area contributed by atoms with Crippen LogP contribution in [0.15, 0.2) is 22.7 Å². The van der Waals surface area contributed by atoms with Gasteiger partial charge in [-0.15, -0.1) is 0 Å². The van der Waals surface area contributed by atoms with Crippen LogP contribution in [0.25, 0.3) is 0 Å². The number of hydrogen-bond donors (Lipinski definition) is 0. The molecule has 2 rings (SSSR count). The molecule has 1 aromatic carbocycles. The zero-order chi connectivity index (χ0) is 18.8. The summed E-state index contributed by atoms with van der Waals surface area (Å²) in [5.74, 6) is 0.517. The summed E-state index contributed by atoms with van der Waals surface area (Å²) in [5.41, 5.74) is 0.0140. The lowest BCUT2D eigenvalue weighted by Crippen LogP contribution is -2.41. The van der Waals surface area contributed by atoms with E-state index >= 15 is 0 Å². The van der Waals surface area contributed by atoms with Gasteiger partial charge in [-0.2, -0.15) is 0 Å². The monoisotopic (exact) mass is 412 g/mol. The molecular formula is C18H25BrN2O4. The number of nitrogens with zero attached hydrogens (tertiary/aromatic N) is 2. The molecule has 138 valence electrons. The first-order valence-electron chi connectivity index (χ1n) is 8.21. The minimum atomic E-state index is -0.525. The summed E-state index contributed by atoms with van der Waals surface area (Å²) in [6, 6.07) is 5.25. The number of hydrogen-bond acceptors (Lipinski definition) is 4. The Hall–Kier alpha value is -1.76. The molecule has 1 aliphatic rings. The molecular weight excluding hydrogens is 388 g/mol. The Balaban J connectivity index is 2.05. The molecule has 2 amide bonds. The number of carbonyl (C=O) groups excluding carboxylic acids is 2. The van der Waals surface area contributed by atoms with Crippen molar-refractivity contribution in [1.82, 2.24) is 9.80 Å². The number of carbonyl (C=O) groups is 2. The summed E-state index contributed by atoms with van der Waals surface area (Å²) in [5, 5.41) is 0. The summed E-state index contributed by atoms with van der Waals surface area (Å²) in [7, 11) is 3.33. The van der Waals surface area contributed by atoms with E-state index in [-0.39, 0.29) is 18.0 Å². The largest absolute Gasteiger partial charge is 0.497 e. The van der Waals surface area contributed by atoms with Crippen LogP contribution in [-0.4, -0.2) is 60.7 Å². The normalized spacial score (nSPS) is 17.4. The molecule has 0 spiro atoms. The summed E-state index contributed by atoms with van der Waals surface area (Å²) in [4.78, 5) is 28.4. The van der Waals surface area contributed by atoms with E-state index < -0.39 is 5.60 Å². The molecule has 0 aromatic heterocycles. The molecule has 0 radical (unpaired) electrons. The number of likely N-dealkylation sites (N-methyl/N-ethyl adjacent to an activating group) is 1. The van der Waals surface area contributed by atoms with E-state index in [2.05, 4.69) is 15.9 Å². The predicted molar refractivity (Wildman–Crippen MR) is 99.0 cm³/mol. The van der Waals surface area contributed by atoms with Crippen molar-refractivity contribution >= 4 is 27.9 Å². The first kappa shape index (κ1) is 19.6. The quantitative estimate of drug-likeness (QED) is 0.761. The van der Waals surface area contributed by atoms with Crippen molar-refractivity contribution in [2.75, 3.05) is 27.2 Å². The van der Waals surface area contributed by atoms with Gasteiger partial charge < -0.3 is 19.3 Å². The van der Waals surface area contributed by atoms with E-state index in [0.717, 1.165) is 6.42 Å². The number of likely N-dealkylation sites (tertiary alicyclic amines) is 1. The van der Waals surface area contributed by atoms with Gasteiger partial charge in [-0.25, -0.2) is 4.79 Å². The Morgan fingerprint density at radius 2 is 2.00 bits per heavy atom. The van der Waals surface area contributed by atoms with Gasteiger partial charge in [0.2, 0.25) is 0 Å². The lowest BCUT2D eigenvalue weighted by molar-refractivity contribution is 0.0279. The van der Waals surface area contributed by atoms with E-state index in [9.17, 15) is 9.59 Å². The Kier molecular flexibility index (Phi) is 5.98. The zero-order valence-corrected chi connectivity index (χ0v) is 16.9. The highest BCUT2D eigenvalue weighted by Crippen LogP contribution is 2.26. The molecule has 6 nitrogen and oxygen atoms in total. The number of halogens is 1. The standard InChI is InChI=1S/C18H25BrN2O4/c1-18(2,3)25-17(23)21-9-8-12(11-21)20(4)16(22)14-10-13(24-5)6-7-15(14)19/h6-7,10,12H,8-9,11H2,1-5H3/t12-/m1/s1. The maximum absolute atomic E-state index is 12.8. The van der Waals surface area contributed by atoms with E-state index in [1.165, 1.54) is 0 Å². The Morgan fingerprint density at radius 3 is 2.60 bits per heavy atom. The van der Waals surface area contributed by atoms with Crippen LogP contribution in [0.3, 0.4) is 0 Å². The van der Waals surface area contributed by atoms with E-state index in [4.69, 9.17) is 9.47 Å². The predicted octanol–water partition coefficient (Wildman–Crippen LogP) is 3.54. The molecule has 0 unspecified atom stereocenters. The third kappa shape index (κ3) is 4.87. The van der Waals surface area contributed by atoms with Crippen molar-refractivity contribution in [2.45, 2.75) is 38.8 Å². The maximum atomic E-state index is 12.8. The third-order valence-electron chi connectivity index (χ3n) is 4.09. The average molecular weight is 413 g/mol. The SMILES string of the molecule is COc1ccc(Br)c(C(=O)N(C)[C@@H]2CCN(C(=O)OC(C)(C)C)C2)c1. The minimum absolute atomic E-state index is 0.0434. The highest BCUT2D eigenvalue weighted by Gasteiger charge is 2.34. The summed E-state index contributed by atoms with van der Waals surface area (Å²) in [6.07, 6.45) is 0.390. The van der Waals surface area contributed by atoms with Gasteiger partial charge in [0.25, 0.3) is 5.91 Å². The summed E-state index contributed by atoms with van der Waals surface area (Å²) in [6.45, 7) is 6.58. The van der Waals surface area contributed by atoms with Crippen LogP contribution in [0.2, 0.25) is 0 Å². The van der Waals surface area contributed by atoms with Crippen molar-refractivity contribution in [3.63, 3.8) is 0 Å². The highest BCUT2D eigenvalue weighted by molar-refractivity contribution is 9.10. The van der Waals surface area contributed by atoms with Gasteiger partial charge in [0.15, 0.2) is 0 Å². The van der Waals surface area contributed by atoms with Crippen molar-refractivity contribution in [2.24, 2.45) is 0 Å². The molecule has 0 saturated carbocycles. The van der Waals surface area contributed by atoms with Crippen molar-refractivity contribution in [3.05, 3.63) is 28.2 Å². The summed E-state index contributed by atoms with van der Waals surface area (Å²) >= 11 is 3.42. The molecule has 25 heavy (non-hydrogen) atoms. The Labute approximate surface area is 157 Å². The van der Waals surface area contributed by atoms with Crippen LogP contribution in [0, 0.1) is 0 Å². The first-order valence-corrected chi connectivity index (χ1v) is 9.00. The van der Waals surface area contributed by atoms with Gasteiger partial charge in [0, 0.05) is 24.6 Å². The molecule has 1 heterocycles. The van der Waals surface area contributed by atoms with Crippen LogP contribution < -0.4 is 4.74 Å². The fourth-order valence-electron chi connectivity index (χ4n) is 2.70. The molecule has 7 heteroatoms. The molecule has 0 aliphatic carbocycles. The number of methoxy groups -OCH3 is 1. The van der Waals surface area contributed by atoms with Crippen LogP contribution in [-0.2, 0) is 4.74 Å². The molecule has 1 saturated heterocycles. The molecule has 1 atom stereocenters. The van der Waals surface area contributed by atoms with Crippen molar-refractivity contribution < 1.29 is 19.1 Å². The lowest BCUT2D eigenvalue weighted by atomic mass is 10.1. The lowest BCUT2D eigenvalue weighted by Gasteiger charge is -2.27. The third-order valence-corrected chi connectivity index (χ3v) is 4.78. The maximum Gasteiger partial charge on any atom is 0.410 e. The van der Waals surface area contributed by atoms with Crippen molar-refractivity contribution in [3.8, 4) is 5.75 Å². The number of amides is 2. The second-order valence-electron chi connectivity index (χ2n) is 7.13. The van der Waals surface area contributed by atoms with Crippen LogP contribution >= 0.6 is 15.9 Å². The number of rotatable bonds is 3. The fraction of sp³-hybridized carbons (Fsp3) is 0.556. The second-order valence-corrected chi connectivity index (χ2v) is 7.99. The van der Waals surface area contributed by atoms with Crippen LogP contribution in [0.4, 0.5) is 4.79 Å². The topological polar surface area (TPSA) is 59.1 Å². The van der Waals surface area contributed by atoms with E-state index in [1.807, 2.05) is 20.8 Å². The number of benzene rings is 1. The molecule has 1 fully saturated rings. The van der Waals surface area contributed by atoms with Crippen molar-refractivity contribution in [1.29, 1.82) is 0 Å². The molecule has 1 aliphatic heterocycles. The van der Waals surface area contributed by atoms with Gasteiger partial charge in [-0.1, -0.05) is 0 Å². The van der Waals surface area contributed by atoms with Gasteiger partial charge in [0.1, 0.15) is 11.4 Å². The zero-order valence-electron chi connectivity index (χ0n) is 15.3. The van der Waals surface area contributed by atoms with Gasteiger partial charge >= 0.3 is 6.09 Å². The Morgan fingerprint density at radius 1 is 1.32 bits per heavy atom. The fourth-order valence-corrected chi connectivity index (χ4v) is 3.12. The summed E-state index contributed by atoms with van der Waals surface area (Å²) < 4.78 is 11.3. The smallest absolute Gasteiger partial charge is 0.410 e. The first-order chi connectivity index (χ1) is 11.6. The van der Waals surface area contributed by atoms with Crippen LogP contribution in [0.5, 0.6) is 5.75 Å². The van der Waals surface area contributed by atoms with Crippen LogP contribution in [0.1, 0.15) is 37.6 Å². The van der Waals surface area contributed by atoms with E-state index in [1.54, 1.807) is 42.2 Å². The van der Waals surface area contributed by atoms with Gasteiger partial charge in [-0.05, 0) is 61.3 Å². The second kappa shape index (κ2) is 7.64. The molecule has 0 N–H and O–H groups in total. The highest BCUT2D eigenvalue weighted by atomic mass is 79.9.